The molecule has 0 unspecified atom stereocenters. The highest BCUT2D eigenvalue weighted by Crippen LogP contribution is 2.22. The Morgan fingerprint density at radius 1 is 1.12 bits per heavy atom. The number of rotatable bonds is 5. The summed E-state index contributed by atoms with van der Waals surface area (Å²) in [7, 11) is 0. The molecule has 2 aliphatic rings. The molecule has 0 aromatic heterocycles. The summed E-state index contributed by atoms with van der Waals surface area (Å²) < 4.78 is 5.68. The van der Waals surface area contributed by atoms with Crippen molar-refractivity contribution in [1.82, 2.24) is 10.2 Å². The van der Waals surface area contributed by atoms with Gasteiger partial charge in [0.15, 0.2) is 0 Å². The van der Waals surface area contributed by atoms with Crippen LogP contribution in [0.2, 0.25) is 0 Å². The van der Waals surface area contributed by atoms with E-state index in [1.807, 2.05) is 42.5 Å². The van der Waals surface area contributed by atoms with Crippen LogP contribution < -0.4 is 5.32 Å². The fourth-order valence-electron chi connectivity index (χ4n) is 4.75. The van der Waals surface area contributed by atoms with Crippen LogP contribution in [-0.2, 0) is 25.5 Å². The molecule has 0 bridgehead atoms. The van der Waals surface area contributed by atoms with Crippen LogP contribution in [0.25, 0.3) is 0 Å². The second-order valence-electron chi connectivity index (χ2n) is 9.48. The molecule has 186 valence electrons. The molecule has 34 heavy (non-hydrogen) atoms. The Bertz CT molecular complexity index is 841. The van der Waals surface area contributed by atoms with Crippen molar-refractivity contribution in [3.63, 3.8) is 0 Å². The third kappa shape index (κ3) is 7.69. The van der Waals surface area contributed by atoms with E-state index in [1.54, 1.807) is 11.8 Å². The van der Waals surface area contributed by atoms with E-state index in [9.17, 15) is 19.5 Å². The van der Waals surface area contributed by atoms with Crippen molar-refractivity contribution in [1.29, 1.82) is 0 Å². The predicted molar refractivity (Wildman–Crippen MR) is 130 cm³/mol. The average Bonchev–Trinajstić information content (AvgIpc) is 3.32. The Hall–Kier alpha value is -2.67. The molecule has 1 fully saturated rings. The Balaban J connectivity index is 1.63. The number of ether oxygens (including phenoxy) is 1. The lowest BCUT2D eigenvalue weighted by molar-refractivity contribution is -0.153. The van der Waals surface area contributed by atoms with Crippen LogP contribution in [0.1, 0.15) is 57.4 Å². The van der Waals surface area contributed by atoms with E-state index in [0.717, 1.165) is 37.7 Å². The molecule has 3 rings (SSSR count). The third-order valence-electron chi connectivity index (χ3n) is 6.75. The van der Waals surface area contributed by atoms with E-state index in [1.165, 1.54) is 0 Å². The molecule has 1 saturated heterocycles. The zero-order valence-corrected chi connectivity index (χ0v) is 20.2. The zero-order valence-electron chi connectivity index (χ0n) is 20.2. The standard InChI is InChI=1S/C27H38N2O5/c1-20-18-28-26(32)22(17-25(31)29-15-9-14-24(29)19-30)12-7-2-3-8-13-23(27(33)34-20)16-21-10-5-4-6-11-21/h2,4-7,10-11,20,22-24,30H,3,8-9,12-19H2,1H3,(H,28,32)/t20-,22+,23+,24-/m0/s1. The van der Waals surface area contributed by atoms with Gasteiger partial charge in [-0.25, -0.2) is 0 Å². The van der Waals surface area contributed by atoms with Crippen molar-refractivity contribution in [2.45, 2.75) is 70.4 Å². The van der Waals surface area contributed by atoms with E-state index in [0.29, 0.717) is 19.4 Å². The second-order valence-corrected chi connectivity index (χ2v) is 9.48. The van der Waals surface area contributed by atoms with E-state index in [2.05, 4.69) is 5.32 Å². The largest absolute Gasteiger partial charge is 0.461 e. The summed E-state index contributed by atoms with van der Waals surface area (Å²) in [4.78, 5) is 40.3. The molecular formula is C27H38N2O5. The minimum atomic E-state index is -0.486. The molecule has 2 heterocycles. The minimum absolute atomic E-state index is 0.0450. The summed E-state index contributed by atoms with van der Waals surface area (Å²) in [5, 5.41) is 12.4. The van der Waals surface area contributed by atoms with Crippen LogP contribution >= 0.6 is 0 Å². The first-order chi connectivity index (χ1) is 16.5. The highest BCUT2D eigenvalue weighted by Gasteiger charge is 2.31. The van der Waals surface area contributed by atoms with Crippen LogP contribution in [0, 0.1) is 11.8 Å². The number of allylic oxidation sites excluding steroid dienone is 2. The number of carbonyl (C=O) groups excluding carboxylic acids is 3. The fourth-order valence-corrected chi connectivity index (χ4v) is 4.75. The molecule has 2 aliphatic heterocycles. The van der Waals surface area contributed by atoms with Crippen molar-refractivity contribution in [2.24, 2.45) is 11.8 Å². The van der Waals surface area contributed by atoms with Gasteiger partial charge in [-0.05, 0) is 57.4 Å². The highest BCUT2D eigenvalue weighted by atomic mass is 16.5. The first-order valence-corrected chi connectivity index (χ1v) is 12.6. The molecule has 2 N–H and O–H groups in total. The van der Waals surface area contributed by atoms with Crippen LogP contribution in [0.3, 0.4) is 0 Å². The fraction of sp³-hybridized carbons (Fsp3) is 0.593. The first kappa shape index (κ1) is 25.9. The topological polar surface area (TPSA) is 95.9 Å². The SMILES string of the molecule is C[C@H]1CNC(=O)[C@@H](CC(=O)N2CCC[C@H]2CO)CC=CCCC[C@H](Cc2ccccc2)C(=O)O1. The molecule has 2 amide bonds. The maximum absolute atomic E-state index is 12.9. The van der Waals surface area contributed by atoms with Crippen LogP contribution in [0.5, 0.6) is 0 Å². The molecule has 0 spiro atoms. The van der Waals surface area contributed by atoms with Crippen molar-refractivity contribution in [3.05, 3.63) is 48.0 Å². The van der Waals surface area contributed by atoms with Gasteiger partial charge in [0, 0.05) is 13.0 Å². The molecule has 0 saturated carbocycles. The summed E-state index contributed by atoms with van der Waals surface area (Å²) >= 11 is 0. The van der Waals surface area contributed by atoms with Gasteiger partial charge in [-0.3, -0.25) is 14.4 Å². The molecule has 1 aromatic carbocycles. The highest BCUT2D eigenvalue weighted by molar-refractivity contribution is 5.86. The van der Waals surface area contributed by atoms with Gasteiger partial charge in [0.1, 0.15) is 6.10 Å². The number of amides is 2. The number of carbonyl (C=O) groups is 3. The number of cyclic esters (lactones) is 1. The number of nitrogens with zero attached hydrogens (tertiary/aromatic N) is 1. The normalized spacial score (nSPS) is 27.1. The van der Waals surface area contributed by atoms with Gasteiger partial charge >= 0.3 is 5.97 Å². The maximum atomic E-state index is 12.9. The number of likely N-dealkylation sites (tertiary alicyclic amines) is 1. The van der Waals surface area contributed by atoms with Gasteiger partial charge in [-0.1, -0.05) is 42.5 Å². The van der Waals surface area contributed by atoms with Gasteiger partial charge < -0.3 is 20.1 Å². The number of nitrogens with one attached hydrogen (secondary N) is 1. The van der Waals surface area contributed by atoms with Gasteiger partial charge in [0.05, 0.1) is 31.0 Å². The third-order valence-corrected chi connectivity index (χ3v) is 6.75. The van der Waals surface area contributed by atoms with Crippen LogP contribution in [0.4, 0.5) is 0 Å². The van der Waals surface area contributed by atoms with Crippen molar-refractivity contribution >= 4 is 17.8 Å². The molecule has 7 heteroatoms. The lowest BCUT2D eigenvalue weighted by Gasteiger charge is -2.25. The van der Waals surface area contributed by atoms with Crippen LogP contribution in [-0.4, -0.2) is 59.6 Å². The molecular weight excluding hydrogens is 432 g/mol. The van der Waals surface area contributed by atoms with Crippen molar-refractivity contribution in [3.8, 4) is 0 Å². The lowest BCUT2D eigenvalue weighted by atomic mass is 9.93. The molecule has 0 radical (unpaired) electrons. The Kier molecular flexibility index (Phi) is 10.1. The van der Waals surface area contributed by atoms with Crippen LogP contribution in [0.15, 0.2) is 42.5 Å². The Morgan fingerprint density at radius 3 is 2.68 bits per heavy atom. The Morgan fingerprint density at radius 2 is 1.91 bits per heavy atom. The number of aliphatic hydroxyl groups is 1. The lowest BCUT2D eigenvalue weighted by Crippen LogP contribution is -2.42. The summed E-state index contributed by atoms with van der Waals surface area (Å²) in [6.07, 6.45) is 8.84. The van der Waals surface area contributed by atoms with Gasteiger partial charge in [-0.15, -0.1) is 0 Å². The maximum Gasteiger partial charge on any atom is 0.309 e. The number of esters is 1. The zero-order chi connectivity index (χ0) is 24.3. The van der Waals surface area contributed by atoms with Gasteiger partial charge in [-0.2, -0.15) is 0 Å². The minimum Gasteiger partial charge on any atom is -0.461 e. The molecule has 0 aliphatic carbocycles. The summed E-state index contributed by atoms with van der Waals surface area (Å²) in [6, 6.07) is 9.80. The van der Waals surface area contributed by atoms with Gasteiger partial charge in [0.2, 0.25) is 11.8 Å². The van der Waals surface area contributed by atoms with E-state index < -0.39 is 12.0 Å². The summed E-state index contributed by atoms with van der Waals surface area (Å²) in [5.41, 5.74) is 1.11. The number of hydrogen-bond acceptors (Lipinski definition) is 5. The van der Waals surface area contributed by atoms with E-state index >= 15 is 0 Å². The summed E-state index contributed by atoms with van der Waals surface area (Å²) in [6.45, 7) is 2.57. The molecule has 1 aromatic rings. The monoisotopic (exact) mass is 470 g/mol. The Labute approximate surface area is 202 Å². The first-order valence-electron chi connectivity index (χ1n) is 12.6. The second kappa shape index (κ2) is 13.3. The molecule has 7 nitrogen and oxygen atoms in total. The number of aliphatic hydroxyl groups excluding tert-OH is 1. The predicted octanol–water partition coefficient (Wildman–Crippen LogP) is 3.01. The van der Waals surface area contributed by atoms with E-state index in [-0.39, 0.29) is 49.3 Å². The van der Waals surface area contributed by atoms with E-state index in [4.69, 9.17) is 4.74 Å². The van der Waals surface area contributed by atoms with Crippen molar-refractivity contribution in [2.75, 3.05) is 19.7 Å². The number of hydrogen-bond donors (Lipinski definition) is 2. The quantitative estimate of drug-likeness (QED) is 0.510. The smallest absolute Gasteiger partial charge is 0.309 e. The molecule has 4 atom stereocenters. The summed E-state index contributed by atoms with van der Waals surface area (Å²) in [5.74, 6) is -1.24. The van der Waals surface area contributed by atoms with Gasteiger partial charge in [0.25, 0.3) is 0 Å². The van der Waals surface area contributed by atoms with Crippen molar-refractivity contribution < 1.29 is 24.2 Å². The number of benzene rings is 1. The average molecular weight is 471 g/mol.